The van der Waals surface area contributed by atoms with E-state index in [9.17, 15) is 12.8 Å². The first-order valence-corrected chi connectivity index (χ1v) is 11.4. The van der Waals surface area contributed by atoms with Gasteiger partial charge in [-0.25, -0.2) is 17.5 Å². The van der Waals surface area contributed by atoms with Crippen LogP contribution in [-0.2, 0) is 16.6 Å². The van der Waals surface area contributed by atoms with Crippen molar-refractivity contribution in [2.75, 3.05) is 12.3 Å². The number of hydrogen-bond donors (Lipinski definition) is 1. The predicted octanol–water partition coefficient (Wildman–Crippen LogP) is 3.65. The van der Waals surface area contributed by atoms with E-state index in [4.69, 9.17) is 0 Å². The summed E-state index contributed by atoms with van der Waals surface area (Å²) in [4.78, 5) is 0.238. The van der Waals surface area contributed by atoms with Crippen LogP contribution in [0.3, 0.4) is 0 Å². The SMILES string of the molecule is C=CCn1c(SCCNS(=O)(=O)c2ccc(C)cc2)nnc1-c1ccc(F)cc1. The van der Waals surface area contributed by atoms with E-state index in [1.807, 2.05) is 11.5 Å². The van der Waals surface area contributed by atoms with Gasteiger partial charge in [0.05, 0.1) is 4.90 Å². The maximum atomic E-state index is 13.2. The van der Waals surface area contributed by atoms with Gasteiger partial charge in [0, 0.05) is 24.4 Å². The molecule has 0 aliphatic carbocycles. The van der Waals surface area contributed by atoms with E-state index in [0.29, 0.717) is 23.3 Å². The summed E-state index contributed by atoms with van der Waals surface area (Å²) >= 11 is 1.38. The molecule has 0 radical (unpaired) electrons. The van der Waals surface area contributed by atoms with E-state index in [1.54, 1.807) is 42.5 Å². The molecular formula is C20H21FN4O2S2. The number of aromatic nitrogens is 3. The van der Waals surface area contributed by atoms with Crippen LogP contribution in [0, 0.1) is 12.7 Å². The molecule has 1 N–H and O–H groups in total. The first kappa shape index (κ1) is 21.2. The van der Waals surface area contributed by atoms with Crippen molar-refractivity contribution in [1.29, 1.82) is 0 Å². The number of sulfonamides is 1. The molecule has 0 atom stereocenters. The third-order valence-electron chi connectivity index (χ3n) is 4.09. The zero-order valence-corrected chi connectivity index (χ0v) is 17.5. The number of rotatable bonds is 9. The van der Waals surface area contributed by atoms with Gasteiger partial charge >= 0.3 is 0 Å². The van der Waals surface area contributed by atoms with Gasteiger partial charge in [-0.3, -0.25) is 4.57 Å². The second-order valence-corrected chi connectivity index (χ2v) is 9.10. The first-order valence-electron chi connectivity index (χ1n) is 8.90. The second kappa shape index (κ2) is 9.34. The van der Waals surface area contributed by atoms with Crippen LogP contribution >= 0.6 is 11.8 Å². The van der Waals surface area contributed by atoms with Gasteiger partial charge < -0.3 is 0 Å². The van der Waals surface area contributed by atoms with Crippen molar-refractivity contribution in [1.82, 2.24) is 19.5 Å². The molecule has 1 heterocycles. The molecule has 0 saturated carbocycles. The average Bonchev–Trinajstić information content (AvgIpc) is 3.09. The highest BCUT2D eigenvalue weighted by molar-refractivity contribution is 7.99. The Balaban J connectivity index is 1.65. The fourth-order valence-corrected chi connectivity index (χ4v) is 4.58. The smallest absolute Gasteiger partial charge is 0.240 e. The molecule has 6 nitrogen and oxygen atoms in total. The molecule has 0 amide bonds. The summed E-state index contributed by atoms with van der Waals surface area (Å²) in [6.07, 6.45) is 1.72. The molecule has 0 aliphatic heterocycles. The molecule has 9 heteroatoms. The minimum atomic E-state index is -3.55. The van der Waals surface area contributed by atoms with Crippen LogP contribution in [-0.4, -0.2) is 35.5 Å². The number of nitrogens with one attached hydrogen (secondary N) is 1. The number of halogens is 1. The van der Waals surface area contributed by atoms with Crippen LogP contribution in [0.25, 0.3) is 11.4 Å². The van der Waals surface area contributed by atoms with Gasteiger partial charge in [0.25, 0.3) is 0 Å². The van der Waals surface area contributed by atoms with Crippen molar-refractivity contribution in [2.45, 2.75) is 23.5 Å². The molecule has 0 fully saturated rings. The average molecular weight is 433 g/mol. The summed E-state index contributed by atoms with van der Waals surface area (Å²) in [6.45, 7) is 6.39. The Hall–Kier alpha value is -2.49. The van der Waals surface area contributed by atoms with Gasteiger partial charge in [-0.2, -0.15) is 0 Å². The molecule has 0 unspecified atom stereocenters. The van der Waals surface area contributed by atoms with E-state index < -0.39 is 10.0 Å². The molecule has 0 bridgehead atoms. The second-order valence-electron chi connectivity index (χ2n) is 6.27. The van der Waals surface area contributed by atoms with Crippen LogP contribution in [0.4, 0.5) is 4.39 Å². The maximum Gasteiger partial charge on any atom is 0.240 e. The summed E-state index contributed by atoms with van der Waals surface area (Å²) in [6, 6.07) is 12.7. The molecule has 3 rings (SSSR count). The van der Waals surface area contributed by atoms with Crippen LogP contribution in [0.5, 0.6) is 0 Å². The van der Waals surface area contributed by atoms with Crippen molar-refractivity contribution in [3.63, 3.8) is 0 Å². The molecular weight excluding hydrogens is 411 g/mol. The number of aryl methyl sites for hydroxylation is 1. The Morgan fingerprint density at radius 3 is 2.48 bits per heavy atom. The summed E-state index contributed by atoms with van der Waals surface area (Å²) in [5.74, 6) is 0.760. The van der Waals surface area contributed by atoms with Gasteiger partial charge in [0.1, 0.15) is 5.82 Å². The predicted molar refractivity (Wildman–Crippen MR) is 113 cm³/mol. The monoisotopic (exact) mass is 432 g/mol. The standard InChI is InChI=1S/C20H21FN4O2S2/c1-3-13-25-19(16-6-8-17(21)9-7-16)23-24-20(25)28-14-12-22-29(26,27)18-10-4-15(2)5-11-18/h3-11,22H,1,12-14H2,2H3. The van der Waals surface area contributed by atoms with Crippen LogP contribution in [0.2, 0.25) is 0 Å². The quantitative estimate of drug-likeness (QED) is 0.317. The van der Waals surface area contributed by atoms with Gasteiger partial charge in [0.2, 0.25) is 10.0 Å². The third kappa shape index (κ3) is 5.31. The van der Waals surface area contributed by atoms with Crippen molar-refractivity contribution in [2.24, 2.45) is 0 Å². The Kier molecular flexibility index (Phi) is 6.83. The minimum Gasteiger partial charge on any atom is -0.298 e. The van der Waals surface area contributed by atoms with Gasteiger partial charge in [-0.15, -0.1) is 16.8 Å². The lowest BCUT2D eigenvalue weighted by Gasteiger charge is -2.09. The largest absolute Gasteiger partial charge is 0.298 e. The lowest BCUT2D eigenvalue weighted by molar-refractivity contribution is 0.584. The zero-order valence-electron chi connectivity index (χ0n) is 15.9. The van der Waals surface area contributed by atoms with Crippen molar-refractivity contribution < 1.29 is 12.8 Å². The summed E-state index contributed by atoms with van der Waals surface area (Å²) < 4.78 is 42.3. The van der Waals surface area contributed by atoms with Crippen LogP contribution in [0.1, 0.15) is 5.56 Å². The van der Waals surface area contributed by atoms with Crippen LogP contribution in [0.15, 0.2) is 71.2 Å². The Morgan fingerprint density at radius 1 is 1.14 bits per heavy atom. The molecule has 0 spiro atoms. The molecule has 0 aliphatic rings. The molecule has 152 valence electrons. The molecule has 1 aromatic heterocycles. The lowest BCUT2D eigenvalue weighted by Crippen LogP contribution is -2.26. The number of hydrogen-bond acceptors (Lipinski definition) is 5. The fourth-order valence-electron chi connectivity index (χ4n) is 2.62. The number of allylic oxidation sites excluding steroid dienone is 1. The topological polar surface area (TPSA) is 76.9 Å². The summed E-state index contributed by atoms with van der Waals surface area (Å²) in [5.41, 5.74) is 1.74. The molecule has 0 saturated heterocycles. The highest BCUT2D eigenvalue weighted by atomic mass is 32.2. The maximum absolute atomic E-state index is 13.2. The van der Waals surface area contributed by atoms with Crippen molar-refractivity contribution in [3.8, 4) is 11.4 Å². The Labute approximate surface area is 173 Å². The van der Waals surface area contributed by atoms with E-state index in [0.717, 1.165) is 11.1 Å². The van der Waals surface area contributed by atoms with E-state index in [-0.39, 0.29) is 17.3 Å². The summed E-state index contributed by atoms with van der Waals surface area (Å²) in [7, 11) is -3.55. The summed E-state index contributed by atoms with van der Waals surface area (Å²) in [5, 5.41) is 9.03. The fraction of sp³-hybridized carbons (Fsp3) is 0.200. The molecule has 3 aromatic rings. The van der Waals surface area contributed by atoms with E-state index in [1.165, 1.54) is 23.9 Å². The van der Waals surface area contributed by atoms with Crippen LogP contribution < -0.4 is 4.72 Å². The first-order chi connectivity index (χ1) is 13.9. The number of benzene rings is 2. The van der Waals surface area contributed by atoms with Gasteiger partial charge in [-0.1, -0.05) is 35.5 Å². The Bertz CT molecular complexity index is 1080. The third-order valence-corrected chi connectivity index (χ3v) is 6.53. The van der Waals surface area contributed by atoms with Gasteiger partial charge in [-0.05, 0) is 43.3 Å². The molecule has 2 aromatic carbocycles. The van der Waals surface area contributed by atoms with Gasteiger partial charge in [0.15, 0.2) is 11.0 Å². The normalized spacial score (nSPS) is 11.5. The highest BCUT2D eigenvalue weighted by Gasteiger charge is 2.15. The van der Waals surface area contributed by atoms with E-state index >= 15 is 0 Å². The number of thioether (sulfide) groups is 1. The van der Waals surface area contributed by atoms with E-state index in [2.05, 4.69) is 21.5 Å². The van der Waals surface area contributed by atoms with Crippen molar-refractivity contribution in [3.05, 3.63) is 72.6 Å². The lowest BCUT2D eigenvalue weighted by atomic mass is 10.2. The Morgan fingerprint density at radius 2 is 1.83 bits per heavy atom. The number of nitrogens with zero attached hydrogens (tertiary/aromatic N) is 3. The zero-order chi connectivity index (χ0) is 20.9. The molecule has 29 heavy (non-hydrogen) atoms. The minimum absolute atomic E-state index is 0.238. The van der Waals surface area contributed by atoms with Crippen molar-refractivity contribution >= 4 is 21.8 Å². The highest BCUT2D eigenvalue weighted by Crippen LogP contribution is 2.24.